The lowest BCUT2D eigenvalue weighted by atomic mass is 9.92. The summed E-state index contributed by atoms with van der Waals surface area (Å²) in [5.41, 5.74) is 8.37. The smallest absolute Gasteiger partial charge is 0.0317 e. The summed E-state index contributed by atoms with van der Waals surface area (Å²) in [5, 5.41) is 0. The van der Waals surface area contributed by atoms with E-state index in [2.05, 4.69) is 44.7 Å². The second-order valence-corrected chi connectivity index (χ2v) is 5.92. The van der Waals surface area contributed by atoms with Crippen molar-refractivity contribution in [1.82, 2.24) is 4.90 Å². The molecule has 0 aliphatic rings. The molecule has 0 bridgehead atoms. The van der Waals surface area contributed by atoms with Gasteiger partial charge in [-0.1, -0.05) is 39.8 Å². The van der Waals surface area contributed by atoms with Crippen molar-refractivity contribution in [3.8, 4) is 0 Å². The van der Waals surface area contributed by atoms with Crippen molar-refractivity contribution in [3.63, 3.8) is 0 Å². The third-order valence-electron chi connectivity index (χ3n) is 2.98. The molecule has 1 aromatic rings. The fourth-order valence-electron chi connectivity index (χ4n) is 1.79. The summed E-state index contributed by atoms with van der Waals surface area (Å²) >= 11 is 0. The minimum absolute atomic E-state index is 0.406. The summed E-state index contributed by atoms with van der Waals surface area (Å²) in [4.78, 5) is 2.47. The van der Waals surface area contributed by atoms with Crippen molar-refractivity contribution < 1.29 is 0 Å². The van der Waals surface area contributed by atoms with Gasteiger partial charge in [0.15, 0.2) is 0 Å². The summed E-state index contributed by atoms with van der Waals surface area (Å²) in [6.07, 6.45) is 1.23. The number of hydrogen-bond acceptors (Lipinski definition) is 2. The third-order valence-corrected chi connectivity index (χ3v) is 2.98. The Morgan fingerprint density at radius 1 is 1.24 bits per heavy atom. The minimum Gasteiger partial charge on any atom is -0.399 e. The Bertz CT molecular complexity index is 339. The fraction of sp³-hybridized carbons (Fsp3) is 0.600. The maximum atomic E-state index is 5.80. The molecular weight excluding hydrogens is 208 g/mol. The first kappa shape index (κ1) is 14.0. The van der Waals surface area contributed by atoms with Crippen LogP contribution in [0.1, 0.15) is 39.7 Å². The zero-order valence-corrected chi connectivity index (χ0v) is 11.7. The first-order chi connectivity index (χ1) is 7.90. The molecule has 0 saturated heterocycles. The monoisotopic (exact) mass is 234 g/mol. The highest BCUT2D eigenvalue weighted by molar-refractivity contribution is 5.40. The topological polar surface area (TPSA) is 29.3 Å². The molecule has 0 radical (unpaired) electrons. The van der Waals surface area contributed by atoms with E-state index in [9.17, 15) is 0 Å². The number of benzene rings is 1. The van der Waals surface area contributed by atoms with Crippen LogP contribution in [0, 0.1) is 5.41 Å². The maximum absolute atomic E-state index is 5.80. The van der Waals surface area contributed by atoms with E-state index in [-0.39, 0.29) is 0 Å². The van der Waals surface area contributed by atoms with Gasteiger partial charge in [0.25, 0.3) is 0 Å². The fourth-order valence-corrected chi connectivity index (χ4v) is 1.79. The molecule has 0 fully saturated rings. The van der Waals surface area contributed by atoms with Gasteiger partial charge in [-0.25, -0.2) is 0 Å². The standard InChI is InChI=1S/C15H26N2/c1-5-17(10-9-15(2,3)4)12-13-7-6-8-14(16)11-13/h6-8,11H,5,9-10,12,16H2,1-4H3. The second kappa shape index (κ2) is 6.06. The van der Waals surface area contributed by atoms with Crippen LogP contribution in [0.5, 0.6) is 0 Å². The molecule has 1 rings (SSSR count). The number of anilines is 1. The maximum Gasteiger partial charge on any atom is 0.0317 e. The summed E-state index contributed by atoms with van der Waals surface area (Å²) < 4.78 is 0. The van der Waals surface area contributed by atoms with E-state index >= 15 is 0 Å². The van der Waals surface area contributed by atoms with Crippen molar-refractivity contribution in [1.29, 1.82) is 0 Å². The van der Waals surface area contributed by atoms with E-state index in [4.69, 9.17) is 5.73 Å². The lowest BCUT2D eigenvalue weighted by molar-refractivity contribution is 0.230. The molecule has 0 aromatic heterocycles. The zero-order chi connectivity index (χ0) is 12.9. The molecule has 0 amide bonds. The van der Waals surface area contributed by atoms with Crippen molar-refractivity contribution in [2.45, 2.75) is 40.7 Å². The van der Waals surface area contributed by atoms with Crippen molar-refractivity contribution in [2.24, 2.45) is 5.41 Å². The normalized spacial score (nSPS) is 12.1. The number of rotatable bonds is 5. The van der Waals surface area contributed by atoms with Gasteiger partial charge in [-0.05, 0) is 42.6 Å². The Morgan fingerprint density at radius 3 is 2.47 bits per heavy atom. The van der Waals surface area contributed by atoms with Gasteiger partial charge in [0, 0.05) is 12.2 Å². The number of nitrogen functional groups attached to an aromatic ring is 1. The van der Waals surface area contributed by atoms with Gasteiger partial charge in [-0.2, -0.15) is 0 Å². The van der Waals surface area contributed by atoms with Crippen LogP contribution in [0.3, 0.4) is 0 Å². The van der Waals surface area contributed by atoms with Crippen LogP contribution in [-0.4, -0.2) is 18.0 Å². The third kappa shape index (κ3) is 5.73. The average Bonchev–Trinajstić information content (AvgIpc) is 2.23. The van der Waals surface area contributed by atoms with E-state index < -0.39 is 0 Å². The highest BCUT2D eigenvalue weighted by Gasteiger charge is 2.12. The molecule has 2 N–H and O–H groups in total. The number of nitrogens with two attached hydrogens (primary N) is 1. The quantitative estimate of drug-likeness (QED) is 0.790. The van der Waals surface area contributed by atoms with Gasteiger partial charge in [0.1, 0.15) is 0 Å². The number of nitrogens with zero attached hydrogens (tertiary/aromatic N) is 1. The Balaban J connectivity index is 2.52. The lowest BCUT2D eigenvalue weighted by Crippen LogP contribution is -2.27. The highest BCUT2D eigenvalue weighted by atomic mass is 15.1. The molecule has 1 aromatic carbocycles. The molecule has 0 saturated carbocycles. The first-order valence-corrected chi connectivity index (χ1v) is 6.47. The molecule has 0 aliphatic carbocycles. The van der Waals surface area contributed by atoms with Gasteiger partial charge >= 0.3 is 0 Å². The number of hydrogen-bond donors (Lipinski definition) is 1. The van der Waals surface area contributed by atoms with Gasteiger partial charge in [0.2, 0.25) is 0 Å². The first-order valence-electron chi connectivity index (χ1n) is 6.47. The Hall–Kier alpha value is -1.02. The summed E-state index contributed by atoms with van der Waals surface area (Å²) in [6.45, 7) is 12.3. The molecule has 0 unspecified atom stereocenters. The Labute approximate surface area is 106 Å². The van der Waals surface area contributed by atoms with Crippen LogP contribution >= 0.6 is 0 Å². The minimum atomic E-state index is 0.406. The molecule has 17 heavy (non-hydrogen) atoms. The largest absolute Gasteiger partial charge is 0.399 e. The average molecular weight is 234 g/mol. The van der Waals surface area contributed by atoms with Crippen LogP contribution in [0.15, 0.2) is 24.3 Å². The van der Waals surface area contributed by atoms with Crippen LogP contribution in [0.25, 0.3) is 0 Å². The molecular formula is C15H26N2. The van der Waals surface area contributed by atoms with Crippen molar-refractivity contribution in [2.75, 3.05) is 18.8 Å². The van der Waals surface area contributed by atoms with E-state index in [1.807, 2.05) is 12.1 Å². The summed E-state index contributed by atoms with van der Waals surface area (Å²) in [6, 6.07) is 8.19. The molecule has 0 heterocycles. The van der Waals surface area contributed by atoms with Crippen LogP contribution < -0.4 is 5.73 Å². The molecule has 2 heteroatoms. The SMILES string of the molecule is CCN(CCC(C)(C)C)Cc1cccc(N)c1. The second-order valence-electron chi connectivity index (χ2n) is 5.92. The van der Waals surface area contributed by atoms with E-state index in [0.717, 1.165) is 25.3 Å². The lowest BCUT2D eigenvalue weighted by Gasteiger charge is -2.25. The molecule has 96 valence electrons. The van der Waals surface area contributed by atoms with E-state index in [1.54, 1.807) is 0 Å². The van der Waals surface area contributed by atoms with E-state index in [1.165, 1.54) is 12.0 Å². The van der Waals surface area contributed by atoms with Gasteiger partial charge in [-0.15, -0.1) is 0 Å². The molecule has 0 spiro atoms. The van der Waals surface area contributed by atoms with E-state index in [0.29, 0.717) is 5.41 Å². The highest BCUT2D eigenvalue weighted by Crippen LogP contribution is 2.19. The predicted molar refractivity (Wildman–Crippen MR) is 75.9 cm³/mol. The van der Waals surface area contributed by atoms with Crippen molar-refractivity contribution in [3.05, 3.63) is 29.8 Å². The van der Waals surface area contributed by atoms with Gasteiger partial charge < -0.3 is 5.73 Å². The van der Waals surface area contributed by atoms with Gasteiger partial charge in [-0.3, -0.25) is 4.90 Å². The summed E-state index contributed by atoms with van der Waals surface area (Å²) in [5.74, 6) is 0. The molecule has 2 nitrogen and oxygen atoms in total. The van der Waals surface area contributed by atoms with Crippen LogP contribution in [0.2, 0.25) is 0 Å². The zero-order valence-electron chi connectivity index (χ0n) is 11.7. The van der Waals surface area contributed by atoms with Crippen LogP contribution in [0.4, 0.5) is 5.69 Å². The van der Waals surface area contributed by atoms with Crippen LogP contribution in [-0.2, 0) is 6.54 Å². The predicted octanol–water partition coefficient (Wildman–Crippen LogP) is 3.53. The Kier molecular flexibility index (Phi) is 5.01. The molecule has 0 aliphatic heterocycles. The summed E-state index contributed by atoms with van der Waals surface area (Å²) in [7, 11) is 0. The van der Waals surface area contributed by atoms with Gasteiger partial charge in [0.05, 0.1) is 0 Å². The molecule has 0 atom stereocenters. The Morgan fingerprint density at radius 2 is 1.94 bits per heavy atom. The van der Waals surface area contributed by atoms with Crippen molar-refractivity contribution >= 4 is 5.69 Å².